The third-order valence-electron chi connectivity index (χ3n) is 11.2. The van der Waals surface area contributed by atoms with E-state index in [1.807, 2.05) is 17.8 Å². The molecule has 0 atom stereocenters. The minimum atomic E-state index is -2.89. The minimum Gasteiger partial charge on any atom is -0.456 e. The average molecular weight is 739 g/mol. The highest BCUT2D eigenvalue weighted by Gasteiger charge is 2.41. The number of benzene rings is 8. The van der Waals surface area contributed by atoms with Crippen LogP contribution in [0.4, 0.5) is 0 Å². The molecular weight excluding hydrogens is 705 g/mol. The summed E-state index contributed by atoms with van der Waals surface area (Å²) in [5, 5.41) is 7.66. The van der Waals surface area contributed by atoms with Gasteiger partial charge in [0.2, 0.25) is 0 Å². The lowest BCUT2D eigenvalue weighted by Gasteiger charge is -2.35. The van der Waals surface area contributed by atoms with Crippen LogP contribution in [0.2, 0.25) is 0 Å². The largest absolute Gasteiger partial charge is 0.456 e. The van der Waals surface area contributed by atoms with Crippen LogP contribution in [-0.4, -0.2) is 17.6 Å². The lowest BCUT2D eigenvalue weighted by atomic mass is 9.99. The molecule has 0 spiro atoms. The second kappa shape index (κ2) is 12.9. The molecule has 1 aliphatic heterocycles. The lowest BCUT2D eigenvalue weighted by Crippen LogP contribution is -2.74. The Morgan fingerprint density at radius 2 is 1.13 bits per heavy atom. The van der Waals surface area contributed by atoms with E-state index < -0.39 is 8.07 Å². The van der Waals surface area contributed by atoms with Crippen molar-refractivity contribution in [2.75, 3.05) is 0 Å². The van der Waals surface area contributed by atoms with Crippen LogP contribution in [0.25, 0.3) is 60.9 Å². The number of aromatic nitrogens is 2. The predicted octanol–water partition coefficient (Wildman–Crippen LogP) is 10.2. The third kappa shape index (κ3) is 5.08. The molecule has 260 valence electrons. The van der Waals surface area contributed by atoms with Crippen molar-refractivity contribution in [2.24, 2.45) is 0 Å². The van der Waals surface area contributed by atoms with Gasteiger partial charge in [-0.1, -0.05) is 158 Å². The molecule has 0 saturated heterocycles. The van der Waals surface area contributed by atoms with Gasteiger partial charge in [0, 0.05) is 15.7 Å². The zero-order chi connectivity index (χ0) is 36.3. The van der Waals surface area contributed by atoms with Gasteiger partial charge in [0.25, 0.3) is 0 Å². The van der Waals surface area contributed by atoms with Crippen LogP contribution >= 0.6 is 11.8 Å². The van der Waals surface area contributed by atoms with E-state index in [9.17, 15) is 0 Å². The first-order valence-electron chi connectivity index (χ1n) is 18.7. The normalized spacial score (nSPS) is 12.6. The first-order chi connectivity index (χ1) is 27.3. The molecule has 0 fully saturated rings. The van der Waals surface area contributed by atoms with Crippen molar-refractivity contribution >= 4 is 73.6 Å². The smallest absolute Gasteiger partial charge is 0.179 e. The fraction of sp³-hybridized carbons (Fsp3) is 0.0200. The zero-order valence-corrected chi connectivity index (χ0v) is 31.7. The number of hydrogen-bond acceptors (Lipinski definition) is 3. The SMILES string of the molecule is c1ccc([Si](c2ccccc2)(c2cccc(-c3ccc4c(c3)-n3c(nc5ccccc53)CS4)c2)c2cccc(-c3cccc4oc5ccccc5c34)c2)cc1. The molecule has 0 bridgehead atoms. The molecule has 0 saturated carbocycles. The Labute approximate surface area is 324 Å². The number of fused-ring (bicyclic) bond motifs is 8. The molecule has 3 nitrogen and oxygen atoms in total. The summed E-state index contributed by atoms with van der Waals surface area (Å²) >= 11 is 1.87. The number of imidazole rings is 1. The van der Waals surface area contributed by atoms with Crippen LogP contribution in [0.3, 0.4) is 0 Å². The Balaban J connectivity index is 1.14. The Morgan fingerprint density at radius 1 is 0.509 bits per heavy atom. The van der Waals surface area contributed by atoms with Gasteiger partial charge in [-0.05, 0) is 79.4 Å². The summed E-state index contributed by atoms with van der Waals surface area (Å²) in [5.74, 6) is 1.96. The van der Waals surface area contributed by atoms with Gasteiger partial charge in [-0.2, -0.15) is 0 Å². The summed E-state index contributed by atoms with van der Waals surface area (Å²) in [6, 6.07) is 71.3. The summed E-state index contributed by atoms with van der Waals surface area (Å²) in [7, 11) is -2.89. The summed E-state index contributed by atoms with van der Waals surface area (Å²) in [5.41, 5.74) is 9.98. The van der Waals surface area contributed by atoms with Crippen LogP contribution in [0.15, 0.2) is 203 Å². The van der Waals surface area contributed by atoms with E-state index in [-0.39, 0.29) is 0 Å². The van der Waals surface area contributed by atoms with Gasteiger partial charge in [-0.25, -0.2) is 4.98 Å². The standard InChI is InChI=1S/C50H34N2OSSi/c1-3-16-37(17-4-1)55(38-18-5-2-6-19-38,40-21-12-15-36(31-40)41-23-13-27-47-50(41)42-22-7-10-26-46(42)53-47)39-20-11-14-34(30-39)35-28-29-48-45(32-35)52-44-25-9-8-24-43(44)51-49(52)33-54-48/h1-32H,33H2. The molecule has 0 radical (unpaired) electrons. The fourth-order valence-electron chi connectivity index (χ4n) is 8.82. The molecule has 0 aliphatic carbocycles. The molecule has 0 unspecified atom stereocenters. The monoisotopic (exact) mass is 738 g/mol. The quantitative estimate of drug-likeness (QED) is 0.126. The average Bonchev–Trinajstić information content (AvgIpc) is 3.84. The minimum absolute atomic E-state index is 0.864. The van der Waals surface area contributed by atoms with Crippen LogP contribution in [0.1, 0.15) is 5.82 Å². The van der Waals surface area contributed by atoms with E-state index in [0.29, 0.717) is 0 Å². The number of rotatable bonds is 6. The Hall–Kier alpha value is -6.40. The van der Waals surface area contributed by atoms with Crippen LogP contribution < -0.4 is 20.7 Å². The number of hydrogen-bond donors (Lipinski definition) is 0. The van der Waals surface area contributed by atoms with Gasteiger partial charge in [0.1, 0.15) is 17.0 Å². The van der Waals surface area contributed by atoms with E-state index in [0.717, 1.165) is 44.5 Å². The topological polar surface area (TPSA) is 31.0 Å². The van der Waals surface area contributed by atoms with Crippen molar-refractivity contribution < 1.29 is 4.42 Å². The first-order valence-corrected chi connectivity index (χ1v) is 21.7. The Morgan fingerprint density at radius 3 is 1.93 bits per heavy atom. The van der Waals surface area contributed by atoms with Crippen LogP contribution in [0, 0.1) is 0 Å². The summed E-state index contributed by atoms with van der Waals surface area (Å²) < 4.78 is 8.71. The summed E-state index contributed by atoms with van der Waals surface area (Å²) in [6.45, 7) is 0. The van der Waals surface area contributed by atoms with E-state index in [2.05, 4.69) is 193 Å². The van der Waals surface area contributed by atoms with Gasteiger partial charge >= 0.3 is 0 Å². The van der Waals surface area contributed by atoms with Crippen molar-refractivity contribution in [3.05, 3.63) is 200 Å². The van der Waals surface area contributed by atoms with Gasteiger partial charge in [-0.3, -0.25) is 4.57 Å². The number of para-hydroxylation sites is 3. The summed E-state index contributed by atoms with van der Waals surface area (Å²) in [6.07, 6.45) is 0. The molecule has 2 aromatic heterocycles. The molecule has 3 heterocycles. The zero-order valence-electron chi connectivity index (χ0n) is 29.9. The lowest BCUT2D eigenvalue weighted by molar-refractivity contribution is 0.669. The second-order valence-electron chi connectivity index (χ2n) is 14.2. The van der Waals surface area contributed by atoms with Crippen molar-refractivity contribution in [1.29, 1.82) is 0 Å². The maximum atomic E-state index is 6.35. The van der Waals surface area contributed by atoms with E-state index in [1.165, 1.54) is 53.6 Å². The Kier molecular flexibility index (Phi) is 7.51. The second-order valence-corrected chi connectivity index (χ2v) is 19.1. The van der Waals surface area contributed by atoms with Crippen LogP contribution in [0.5, 0.6) is 0 Å². The molecule has 0 N–H and O–H groups in total. The highest BCUT2D eigenvalue weighted by molar-refractivity contribution is 7.98. The van der Waals surface area contributed by atoms with E-state index in [4.69, 9.17) is 9.40 Å². The summed E-state index contributed by atoms with van der Waals surface area (Å²) in [4.78, 5) is 6.28. The molecule has 0 amide bonds. The first kappa shape index (κ1) is 32.1. The number of thioether (sulfide) groups is 1. The maximum absolute atomic E-state index is 6.35. The van der Waals surface area contributed by atoms with Gasteiger partial charge in [-0.15, -0.1) is 11.8 Å². The highest BCUT2D eigenvalue weighted by atomic mass is 32.2. The predicted molar refractivity (Wildman–Crippen MR) is 232 cm³/mol. The number of nitrogens with zero attached hydrogens (tertiary/aromatic N) is 2. The molecule has 55 heavy (non-hydrogen) atoms. The van der Waals surface area contributed by atoms with Gasteiger partial charge in [0.05, 0.1) is 22.5 Å². The maximum Gasteiger partial charge on any atom is 0.179 e. The van der Waals surface area contributed by atoms with Gasteiger partial charge in [0.15, 0.2) is 8.07 Å². The Bertz CT molecular complexity index is 3020. The van der Waals surface area contributed by atoms with E-state index in [1.54, 1.807) is 0 Å². The molecule has 8 aromatic carbocycles. The van der Waals surface area contributed by atoms with E-state index >= 15 is 0 Å². The fourth-order valence-corrected chi connectivity index (χ4v) is 14.6. The van der Waals surface area contributed by atoms with Crippen molar-refractivity contribution in [3.8, 4) is 27.9 Å². The van der Waals surface area contributed by atoms with Crippen molar-refractivity contribution in [3.63, 3.8) is 0 Å². The molecule has 5 heteroatoms. The van der Waals surface area contributed by atoms with Crippen molar-refractivity contribution in [1.82, 2.24) is 9.55 Å². The molecule has 11 rings (SSSR count). The third-order valence-corrected chi connectivity index (χ3v) is 17.1. The highest BCUT2D eigenvalue weighted by Crippen LogP contribution is 2.40. The van der Waals surface area contributed by atoms with Crippen molar-refractivity contribution in [2.45, 2.75) is 10.6 Å². The number of furan rings is 1. The molecule has 1 aliphatic rings. The van der Waals surface area contributed by atoms with Gasteiger partial charge < -0.3 is 4.42 Å². The molecular formula is C50H34N2OSSi. The molecule has 10 aromatic rings. The van der Waals surface area contributed by atoms with Crippen LogP contribution in [-0.2, 0) is 5.75 Å².